The van der Waals surface area contributed by atoms with Gasteiger partial charge in [-0.1, -0.05) is 12.1 Å². The van der Waals surface area contributed by atoms with Crippen LogP contribution in [0, 0.1) is 5.82 Å². The molecule has 0 aliphatic carbocycles. The Hall–Kier alpha value is -2.54. The smallest absolute Gasteiger partial charge is 0.247 e. The van der Waals surface area contributed by atoms with Crippen LogP contribution in [-0.2, 0) is 9.59 Å². The minimum absolute atomic E-state index is 0.0267. The molecule has 2 atom stereocenters. The zero-order valence-corrected chi connectivity index (χ0v) is 14.8. The predicted octanol–water partition coefficient (Wildman–Crippen LogP) is 2.63. The second-order valence-corrected chi connectivity index (χ2v) is 7.47. The predicted molar refractivity (Wildman–Crippen MR) is 99.9 cm³/mol. The van der Waals surface area contributed by atoms with Crippen LogP contribution in [0.5, 0.6) is 0 Å². The quantitative estimate of drug-likeness (QED) is 0.811. The van der Waals surface area contributed by atoms with Gasteiger partial charge in [-0.25, -0.2) is 4.39 Å². The van der Waals surface area contributed by atoms with Gasteiger partial charge in [-0.3, -0.25) is 9.59 Å². The van der Waals surface area contributed by atoms with Crippen molar-refractivity contribution in [2.24, 2.45) is 0 Å². The van der Waals surface area contributed by atoms with Crippen LogP contribution < -0.4 is 15.5 Å². The van der Waals surface area contributed by atoms with Crippen molar-refractivity contribution < 1.29 is 14.0 Å². The lowest BCUT2D eigenvalue weighted by Crippen LogP contribution is -2.44. The average molecular weight is 371 g/mol. The highest BCUT2D eigenvalue weighted by Crippen LogP contribution is 2.36. The summed E-state index contributed by atoms with van der Waals surface area (Å²) in [6.45, 7) is 0.613. The maximum Gasteiger partial charge on any atom is 0.247 e. The lowest BCUT2D eigenvalue weighted by Gasteiger charge is -2.32. The Morgan fingerprint density at radius 2 is 2.00 bits per heavy atom. The molecule has 2 unspecified atom stereocenters. The first-order valence-corrected chi connectivity index (χ1v) is 9.43. The summed E-state index contributed by atoms with van der Waals surface area (Å²) in [5.41, 5.74) is 1.81. The Balaban J connectivity index is 1.36. The molecule has 2 aromatic carbocycles. The van der Waals surface area contributed by atoms with Crippen molar-refractivity contribution in [3.05, 3.63) is 54.3 Å². The molecular weight excluding hydrogens is 353 g/mol. The van der Waals surface area contributed by atoms with Gasteiger partial charge in [0.15, 0.2) is 0 Å². The number of anilines is 2. The van der Waals surface area contributed by atoms with Gasteiger partial charge in [0.25, 0.3) is 0 Å². The van der Waals surface area contributed by atoms with Gasteiger partial charge in [0.1, 0.15) is 11.9 Å². The minimum atomic E-state index is -0.292. The molecule has 7 heteroatoms. The summed E-state index contributed by atoms with van der Waals surface area (Å²) >= 11 is 1.36. The van der Waals surface area contributed by atoms with E-state index in [-0.39, 0.29) is 35.5 Å². The Bertz CT molecular complexity index is 843. The number of carbonyl (C=O) groups is 2. The van der Waals surface area contributed by atoms with E-state index < -0.39 is 0 Å². The standard InChI is InChI=1S/C19H18FN3O2S/c20-12-5-7-14(8-6-12)26-11-18(24)21-13-9-17-19(25)22-15-3-1-2-4-16(15)23(17)10-13/h1-8,13,17H,9-11H2,(H,21,24)(H,22,25). The maximum absolute atomic E-state index is 12.9. The minimum Gasteiger partial charge on any atom is -0.356 e. The molecule has 2 amide bonds. The van der Waals surface area contributed by atoms with Crippen LogP contribution in [0.1, 0.15) is 6.42 Å². The van der Waals surface area contributed by atoms with Crippen molar-refractivity contribution in [1.29, 1.82) is 0 Å². The SMILES string of the molecule is O=C(CSc1ccc(F)cc1)NC1CC2C(=O)Nc3ccccc3N2C1. The molecule has 2 aliphatic rings. The van der Waals surface area contributed by atoms with Crippen molar-refractivity contribution >= 4 is 35.0 Å². The number of halogens is 1. The van der Waals surface area contributed by atoms with Crippen LogP contribution in [0.2, 0.25) is 0 Å². The summed E-state index contributed by atoms with van der Waals surface area (Å²) in [6, 6.07) is 13.5. The summed E-state index contributed by atoms with van der Waals surface area (Å²) in [4.78, 5) is 27.5. The van der Waals surface area contributed by atoms with Gasteiger partial charge in [-0.2, -0.15) is 0 Å². The highest BCUT2D eigenvalue weighted by molar-refractivity contribution is 8.00. The van der Waals surface area contributed by atoms with E-state index >= 15 is 0 Å². The summed E-state index contributed by atoms with van der Waals surface area (Å²) in [5, 5.41) is 5.94. The van der Waals surface area contributed by atoms with E-state index in [0.29, 0.717) is 13.0 Å². The van der Waals surface area contributed by atoms with Gasteiger partial charge in [0.2, 0.25) is 11.8 Å². The fourth-order valence-electron chi connectivity index (χ4n) is 3.45. The van der Waals surface area contributed by atoms with E-state index in [0.717, 1.165) is 16.3 Å². The summed E-state index contributed by atoms with van der Waals surface area (Å²) < 4.78 is 12.9. The Morgan fingerprint density at radius 1 is 1.23 bits per heavy atom. The highest BCUT2D eigenvalue weighted by Gasteiger charge is 2.41. The zero-order chi connectivity index (χ0) is 18.1. The molecule has 0 spiro atoms. The molecule has 0 radical (unpaired) electrons. The number of nitrogens with zero attached hydrogens (tertiary/aromatic N) is 1. The summed E-state index contributed by atoms with van der Waals surface area (Å²) in [5.74, 6) is -0.144. The Labute approximate surface area is 155 Å². The van der Waals surface area contributed by atoms with Crippen molar-refractivity contribution in [3.8, 4) is 0 Å². The summed E-state index contributed by atoms with van der Waals surface area (Å²) in [6.07, 6.45) is 0.590. The number of hydrogen-bond donors (Lipinski definition) is 2. The van der Waals surface area contributed by atoms with Crippen LogP contribution in [-0.4, -0.2) is 36.2 Å². The lowest BCUT2D eigenvalue weighted by molar-refractivity contribution is -0.120. The number of benzene rings is 2. The molecule has 2 aliphatic heterocycles. The van der Waals surface area contributed by atoms with Gasteiger partial charge in [0, 0.05) is 17.5 Å². The monoisotopic (exact) mass is 371 g/mol. The van der Waals surface area contributed by atoms with Crippen LogP contribution >= 0.6 is 11.8 Å². The fourth-order valence-corrected chi connectivity index (χ4v) is 4.16. The molecule has 0 saturated carbocycles. The molecule has 0 bridgehead atoms. The topological polar surface area (TPSA) is 61.4 Å². The normalized spacial score (nSPS) is 21.0. The van der Waals surface area contributed by atoms with E-state index in [4.69, 9.17) is 0 Å². The van der Waals surface area contributed by atoms with E-state index in [2.05, 4.69) is 15.5 Å². The molecule has 134 valence electrons. The van der Waals surface area contributed by atoms with Crippen molar-refractivity contribution in [2.45, 2.75) is 23.4 Å². The van der Waals surface area contributed by atoms with Crippen molar-refractivity contribution in [1.82, 2.24) is 5.32 Å². The van der Waals surface area contributed by atoms with Crippen LogP contribution in [0.15, 0.2) is 53.4 Å². The maximum atomic E-state index is 12.9. The van der Waals surface area contributed by atoms with E-state index in [1.165, 1.54) is 23.9 Å². The van der Waals surface area contributed by atoms with Gasteiger partial charge in [0.05, 0.1) is 17.1 Å². The van der Waals surface area contributed by atoms with Gasteiger partial charge >= 0.3 is 0 Å². The van der Waals surface area contributed by atoms with Crippen LogP contribution in [0.25, 0.3) is 0 Å². The first-order valence-electron chi connectivity index (χ1n) is 8.44. The third-order valence-corrected chi connectivity index (χ3v) is 5.64. The van der Waals surface area contributed by atoms with Gasteiger partial charge in [-0.15, -0.1) is 11.8 Å². The highest BCUT2D eigenvalue weighted by atomic mass is 32.2. The molecule has 0 aromatic heterocycles. The molecular formula is C19H18FN3O2S. The molecule has 2 N–H and O–H groups in total. The second-order valence-electron chi connectivity index (χ2n) is 6.42. The fraction of sp³-hybridized carbons (Fsp3) is 0.263. The van der Waals surface area contributed by atoms with Crippen molar-refractivity contribution in [2.75, 3.05) is 22.5 Å². The molecule has 2 aromatic rings. The largest absolute Gasteiger partial charge is 0.356 e. The number of rotatable bonds is 4. The average Bonchev–Trinajstić information content (AvgIpc) is 3.06. The zero-order valence-electron chi connectivity index (χ0n) is 13.9. The lowest BCUT2D eigenvalue weighted by atomic mass is 10.1. The van der Waals surface area contributed by atoms with Gasteiger partial charge in [-0.05, 0) is 42.8 Å². The number of carbonyl (C=O) groups excluding carboxylic acids is 2. The first-order chi connectivity index (χ1) is 12.6. The molecule has 1 saturated heterocycles. The number of nitrogens with one attached hydrogen (secondary N) is 2. The van der Waals surface area contributed by atoms with Crippen LogP contribution in [0.4, 0.5) is 15.8 Å². The number of para-hydroxylation sites is 2. The second kappa shape index (κ2) is 6.99. The van der Waals surface area contributed by atoms with Gasteiger partial charge < -0.3 is 15.5 Å². The Kier molecular flexibility index (Phi) is 4.55. The molecule has 4 rings (SSSR count). The van der Waals surface area contributed by atoms with Crippen molar-refractivity contribution in [3.63, 3.8) is 0 Å². The number of hydrogen-bond acceptors (Lipinski definition) is 4. The van der Waals surface area contributed by atoms with E-state index in [9.17, 15) is 14.0 Å². The Morgan fingerprint density at radius 3 is 2.81 bits per heavy atom. The molecule has 26 heavy (non-hydrogen) atoms. The third-order valence-electron chi connectivity index (χ3n) is 4.62. The van der Waals surface area contributed by atoms with Crippen LogP contribution in [0.3, 0.4) is 0 Å². The molecule has 1 fully saturated rings. The molecule has 5 nitrogen and oxygen atoms in total. The number of thioether (sulfide) groups is 1. The molecule has 2 heterocycles. The van der Waals surface area contributed by atoms with E-state index in [1.807, 2.05) is 24.3 Å². The summed E-state index contributed by atoms with van der Waals surface area (Å²) in [7, 11) is 0. The number of amides is 2. The third kappa shape index (κ3) is 3.39. The number of fused-ring (bicyclic) bond motifs is 3. The van der Waals surface area contributed by atoms with E-state index in [1.54, 1.807) is 12.1 Å². The first kappa shape index (κ1) is 16.9.